The zero-order valence-corrected chi connectivity index (χ0v) is 14.7. The van der Waals surface area contributed by atoms with Crippen molar-refractivity contribution in [3.05, 3.63) is 16.6 Å². The van der Waals surface area contributed by atoms with Crippen molar-refractivity contribution < 1.29 is 4.79 Å². The maximum Gasteiger partial charge on any atom is 0.228 e. The average Bonchev–Trinajstić information content (AvgIpc) is 2.92. The maximum atomic E-state index is 12.4. The number of amides is 1. The van der Waals surface area contributed by atoms with Gasteiger partial charge < -0.3 is 11.1 Å². The molecule has 1 rings (SSSR count). The highest BCUT2D eigenvalue weighted by Gasteiger charge is 2.34. The monoisotopic (exact) mass is 341 g/mol. The number of carbonyl (C=O) groups excluding carboxylic acids is 1. The summed E-state index contributed by atoms with van der Waals surface area (Å²) in [5, 5.41) is 5.98. The molecule has 0 aromatic carbocycles. The van der Waals surface area contributed by atoms with Gasteiger partial charge >= 0.3 is 0 Å². The molecule has 3 N–H and O–H groups in total. The molecule has 0 saturated carbocycles. The Balaban J connectivity index is 0. The molecule has 1 unspecified atom stereocenters. The third-order valence-electron chi connectivity index (χ3n) is 3.69. The molecule has 4 nitrogen and oxygen atoms in total. The molecule has 0 fully saturated rings. The molecule has 0 saturated heterocycles. The smallest absolute Gasteiger partial charge is 0.228 e. The first-order valence-electron chi connectivity index (χ1n) is 6.53. The zero-order chi connectivity index (χ0) is 13.6. The molecule has 1 aromatic heterocycles. The quantitative estimate of drug-likeness (QED) is 0.799. The Hall–Kier alpha value is -0.360. The van der Waals surface area contributed by atoms with Crippen LogP contribution in [0, 0.1) is 5.41 Å². The van der Waals surface area contributed by atoms with Gasteiger partial charge in [-0.3, -0.25) is 4.79 Å². The highest BCUT2D eigenvalue weighted by atomic mass is 35.5. The van der Waals surface area contributed by atoms with Gasteiger partial charge in [0.1, 0.15) is 5.01 Å². The third kappa shape index (κ3) is 4.88. The van der Waals surface area contributed by atoms with Crippen LogP contribution >= 0.6 is 36.2 Å². The van der Waals surface area contributed by atoms with Crippen molar-refractivity contribution in [2.45, 2.75) is 46.1 Å². The van der Waals surface area contributed by atoms with E-state index < -0.39 is 5.41 Å². The van der Waals surface area contributed by atoms with Gasteiger partial charge in [-0.15, -0.1) is 36.2 Å². The summed E-state index contributed by atoms with van der Waals surface area (Å²) in [4.78, 5) is 16.7. The molecule has 1 aromatic rings. The number of nitrogens with two attached hydrogens (primary N) is 1. The summed E-state index contributed by atoms with van der Waals surface area (Å²) in [7, 11) is 0. The lowest BCUT2D eigenvalue weighted by Crippen LogP contribution is -2.46. The lowest BCUT2D eigenvalue weighted by atomic mass is 9.81. The number of carbonyl (C=O) groups is 1. The Labute approximate surface area is 137 Å². The van der Waals surface area contributed by atoms with Crippen LogP contribution in [0.2, 0.25) is 0 Å². The Morgan fingerprint density at radius 3 is 2.35 bits per heavy atom. The molecule has 0 aliphatic rings. The molecular weight excluding hydrogens is 317 g/mol. The zero-order valence-electron chi connectivity index (χ0n) is 12.2. The van der Waals surface area contributed by atoms with E-state index in [1.165, 1.54) is 0 Å². The number of nitrogens with zero attached hydrogens (tertiary/aromatic N) is 1. The number of halogens is 2. The predicted octanol–water partition coefficient (Wildman–Crippen LogP) is 3.32. The Morgan fingerprint density at radius 2 is 2.00 bits per heavy atom. The molecular formula is C13H25Cl2N3OS. The summed E-state index contributed by atoms with van der Waals surface area (Å²) < 4.78 is 0. The van der Waals surface area contributed by atoms with E-state index in [0.29, 0.717) is 6.54 Å². The standard InChI is InChI=1S/C13H23N3OS.2ClH/c1-4-10(11-15-7-8-18-11)16-12(17)13(5-2,6-3)9-14;;/h7-8,10H,4-6,9,14H2,1-3H3,(H,16,17);2*1H. The topological polar surface area (TPSA) is 68.0 Å². The van der Waals surface area contributed by atoms with Crippen LogP contribution in [0.5, 0.6) is 0 Å². The molecule has 118 valence electrons. The number of hydrogen-bond acceptors (Lipinski definition) is 4. The van der Waals surface area contributed by atoms with Gasteiger partial charge in [0.25, 0.3) is 0 Å². The van der Waals surface area contributed by atoms with E-state index in [9.17, 15) is 4.79 Å². The van der Waals surface area contributed by atoms with Crippen molar-refractivity contribution in [3.63, 3.8) is 0 Å². The van der Waals surface area contributed by atoms with Gasteiger partial charge in [0.05, 0.1) is 11.5 Å². The van der Waals surface area contributed by atoms with Gasteiger partial charge in [-0.2, -0.15) is 0 Å². The molecule has 0 spiro atoms. The van der Waals surface area contributed by atoms with Gasteiger partial charge in [0.15, 0.2) is 0 Å². The summed E-state index contributed by atoms with van der Waals surface area (Å²) >= 11 is 1.57. The summed E-state index contributed by atoms with van der Waals surface area (Å²) in [5.74, 6) is 0.0528. The first kappa shape index (κ1) is 21.9. The highest BCUT2D eigenvalue weighted by molar-refractivity contribution is 7.09. The number of nitrogens with one attached hydrogen (secondary N) is 1. The van der Waals surface area contributed by atoms with E-state index >= 15 is 0 Å². The van der Waals surface area contributed by atoms with E-state index in [2.05, 4.69) is 10.3 Å². The maximum absolute atomic E-state index is 12.4. The molecule has 0 aliphatic carbocycles. The number of hydrogen-bond donors (Lipinski definition) is 2. The van der Waals surface area contributed by atoms with Gasteiger partial charge in [0, 0.05) is 18.1 Å². The van der Waals surface area contributed by atoms with Crippen LogP contribution in [0.1, 0.15) is 51.1 Å². The summed E-state index contributed by atoms with van der Waals surface area (Å²) in [6.07, 6.45) is 4.14. The molecule has 0 bridgehead atoms. The fourth-order valence-corrected chi connectivity index (χ4v) is 2.78. The Morgan fingerprint density at radius 1 is 1.40 bits per heavy atom. The van der Waals surface area contributed by atoms with Crippen LogP contribution in [-0.4, -0.2) is 17.4 Å². The first-order valence-corrected chi connectivity index (χ1v) is 7.41. The number of rotatable bonds is 7. The van der Waals surface area contributed by atoms with Crippen LogP contribution in [0.15, 0.2) is 11.6 Å². The molecule has 7 heteroatoms. The van der Waals surface area contributed by atoms with Crippen molar-refractivity contribution in [2.24, 2.45) is 11.1 Å². The fourth-order valence-electron chi connectivity index (χ4n) is 2.01. The van der Waals surface area contributed by atoms with Gasteiger partial charge in [-0.1, -0.05) is 20.8 Å². The van der Waals surface area contributed by atoms with E-state index in [1.54, 1.807) is 17.5 Å². The Bertz CT molecular complexity index is 361. The Kier molecular flexibility index (Phi) is 11.4. The van der Waals surface area contributed by atoms with E-state index in [-0.39, 0.29) is 36.8 Å². The second kappa shape index (κ2) is 10.4. The summed E-state index contributed by atoms with van der Waals surface area (Å²) in [6.45, 7) is 6.47. The fraction of sp³-hybridized carbons (Fsp3) is 0.692. The third-order valence-corrected chi connectivity index (χ3v) is 4.58. The number of aromatic nitrogens is 1. The lowest BCUT2D eigenvalue weighted by molar-refractivity contribution is -0.131. The molecule has 1 atom stereocenters. The molecule has 1 heterocycles. The van der Waals surface area contributed by atoms with Gasteiger partial charge in [-0.25, -0.2) is 4.98 Å². The second-order valence-electron chi connectivity index (χ2n) is 4.50. The minimum atomic E-state index is -0.440. The average molecular weight is 342 g/mol. The highest BCUT2D eigenvalue weighted by Crippen LogP contribution is 2.27. The van der Waals surface area contributed by atoms with Gasteiger partial charge in [0.2, 0.25) is 5.91 Å². The van der Waals surface area contributed by atoms with Crippen LogP contribution < -0.4 is 11.1 Å². The second-order valence-corrected chi connectivity index (χ2v) is 5.42. The normalized spacial score (nSPS) is 12.0. The van der Waals surface area contributed by atoms with Crippen LogP contribution in [0.3, 0.4) is 0 Å². The molecule has 0 aliphatic heterocycles. The van der Waals surface area contributed by atoms with Crippen molar-refractivity contribution >= 4 is 42.1 Å². The predicted molar refractivity (Wildman–Crippen MR) is 89.9 cm³/mol. The largest absolute Gasteiger partial charge is 0.346 e. The minimum Gasteiger partial charge on any atom is -0.346 e. The van der Waals surface area contributed by atoms with Crippen molar-refractivity contribution in [1.82, 2.24) is 10.3 Å². The summed E-state index contributed by atoms with van der Waals surface area (Å²) in [5.41, 5.74) is 5.35. The lowest BCUT2D eigenvalue weighted by Gasteiger charge is -2.30. The van der Waals surface area contributed by atoms with Crippen LogP contribution in [0.25, 0.3) is 0 Å². The van der Waals surface area contributed by atoms with Crippen molar-refractivity contribution in [1.29, 1.82) is 0 Å². The van der Waals surface area contributed by atoms with Crippen LogP contribution in [-0.2, 0) is 4.79 Å². The van der Waals surface area contributed by atoms with E-state index in [1.807, 2.05) is 26.2 Å². The van der Waals surface area contributed by atoms with Gasteiger partial charge in [-0.05, 0) is 19.3 Å². The van der Waals surface area contributed by atoms with E-state index in [0.717, 1.165) is 24.3 Å². The SMILES string of the molecule is CCC(NC(=O)C(CC)(CC)CN)c1nccs1.Cl.Cl. The van der Waals surface area contributed by atoms with Crippen LogP contribution in [0.4, 0.5) is 0 Å². The number of thiazole rings is 1. The van der Waals surface area contributed by atoms with E-state index in [4.69, 9.17) is 5.73 Å². The molecule has 1 amide bonds. The van der Waals surface area contributed by atoms with Crippen molar-refractivity contribution in [2.75, 3.05) is 6.54 Å². The van der Waals surface area contributed by atoms with Crippen molar-refractivity contribution in [3.8, 4) is 0 Å². The molecule has 0 radical (unpaired) electrons. The molecule has 20 heavy (non-hydrogen) atoms. The minimum absolute atomic E-state index is 0. The summed E-state index contributed by atoms with van der Waals surface area (Å²) in [6, 6.07) is 0.00141. The first-order chi connectivity index (χ1) is 8.63.